The fourth-order valence-electron chi connectivity index (χ4n) is 1.94. The topological polar surface area (TPSA) is 37.3 Å². The average Bonchev–Trinajstić information content (AvgIpc) is 2.38. The summed E-state index contributed by atoms with van der Waals surface area (Å²) in [5.74, 6) is 0.0603. The number of phenols is 1. The molecule has 1 rings (SSSR count). The van der Waals surface area contributed by atoms with E-state index in [-0.39, 0.29) is 17.5 Å². The highest BCUT2D eigenvalue weighted by atomic mass is 16.3. The van der Waals surface area contributed by atoms with Gasteiger partial charge in [0.2, 0.25) is 0 Å². The lowest BCUT2D eigenvalue weighted by Crippen LogP contribution is -2.10. The van der Waals surface area contributed by atoms with E-state index in [1.807, 2.05) is 6.92 Å². The van der Waals surface area contributed by atoms with Gasteiger partial charge in [-0.25, -0.2) is 0 Å². The number of para-hydroxylation sites is 1. The summed E-state index contributed by atoms with van der Waals surface area (Å²) in [4.78, 5) is 12.2. The number of allylic oxidation sites excluding steroid dienone is 1. The lowest BCUT2D eigenvalue weighted by atomic mass is 9.90. The number of unbranched alkanes of at least 4 members (excludes halogenated alkanes) is 2. The normalized spacial score (nSPS) is 12.1. The lowest BCUT2D eigenvalue weighted by molar-refractivity contribution is 0.102. The molecule has 18 heavy (non-hydrogen) atoms. The molecule has 2 nitrogen and oxygen atoms in total. The first-order valence-corrected chi connectivity index (χ1v) is 6.59. The van der Waals surface area contributed by atoms with E-state index in [9.17, 15) is 9.90 Å². The van der Waals surface area contributed by atoms with Gasteiger partial charge in [-0.15, -0.1) is 0 Å². The molecule has 0 aliphatic carbocycles. The van der Waals surface area contributed by atoms with Gasteiger partial charge in [-0.05, 0) is 30.0 Å². The molecule has 0 saturated heterocycles. The number of rotatable bonds is 7. The van der Waals surface area contributed by atoms with E-state index in [0.29, 0.717) is 11.1 Å². The average molecular weight is 246 g/mol. The smallest absolute Gasteiger partial charge is 0.192 e. The maximum atomic E-state index is 12.2. The molecule has 1 unspecified atom stereocenters. The van der Waals surface area contributed by atoms with Crippen molar-refractivity contribution < 1.29 is 9.90 Å². The molecule has 0 bridgehead atoms. The van der Waals surface area contributed by atoms with E-state index in [4.69, 9.17) is 0 Å². The summed E-state index contributed by atoms with van der Waals surface area (Å²) >= 11 is 0. The Kier molecular flexibility index (Phi) is 5.63. The van der Waals surface area contributed by atoms with Crippen molar-refractivity contribution in [2.75, 3.05) is 0 Å². The van der Waals surface area contributed by atoms with Crippen molar-refractivity contribution in [1.82, 2.24) is 0 Å². The SMILES string of the molecule is C=C(C(=O)c1ccccc1O)C(C)CCCCC. The van der Waals surface area contributed by atoms with Gasteiger partial charge < -0.3 is 5.11 Å². The molecule has 0 aliphatic rings. The lowest BCUT2D eigenvalue weighted by Gasteiger charge is -2.14. The summed E-state index contributed by atoms with van der Waals surface area (Å²) in [7, 11) is 0. The number of phenolic OH excluding ortho intramolecular Hbond substituents is 1. The van der Waals surface area contributed by atoms with Crippen molar-refractivity contribution in [3.8, 4) is 5.75 Å². The minimum absolute atomic E-state index is 0.0319. The van der Waals surface area contributed by atoms with Crippen LogP contribution >= 0.6 is 0 Å². The van der Waals surface area contributed by atoms with Gasteiger partial charge >= 0.3 is 0 Å². The van der Waals surface area contributed by atoms with E-state index in [0.717, 1.165) is 12.8 Å². The molecule has 98 valence electrons. The summed E-state index contributed by atoms with van der Waals surface area (Å²) < 4.78 is 0. The van der Waals surface area contributed by atoms with Gasteiger partial charge in [0.15, 0.2) is 5.78 Å². The molecular formula is C16H22O2. The Balaban J connectivity index is 2.67. The largest absolute Gasteiger partial charge is 0.507 e. The predicted molar refractivity (Wildman–Crippen MR) is 74.9 cm³/mol. The molecule has 0 saturated carbocycles. The Labute approximate surface area is 109 Å². The first-order valence-electron chi connectivity index (χ1n) is 6.59. The van der Waals surface area contributed by atoms with Crippen molar-refractivity contribution in [1.29, 1.82) is 0 Å². The zero-order valence-electron chi connectivity index (χ0n) is 11.3. The summed E-state index contributed by atoms with van der Waals surface area (Å²) in [6, 6.07) is 6.63. The second-order valence-corrected chi connectivity index (χ2v) is 4.77. The highest BCUT2D eigenvalue weighted by Gasteiger charge is 2.18. The maximum absolute atomic E-state index is 12.2. The molecule has 0 radical (unpaired) electrons. The number of aromatic hydroxyl groups is 1. The highest BCUT2D eigenvalue weighted by molar-refractivity contribution is 6.10. The van der Waals surface area contributed by atoms with Crippen molar-refractivity contribution in [3.63, 3.8) is 0 Å². The molecular weight excluding hydrogens is 224 g/mol. The Morgan fingerprint density at radius 3 is 2.61 bits per heavy atom. The van der Waals surface area contributed by atoms with Crippen LogP contribution in [0.5, 0.6) is 5.75 Å². The third-order valence-corrected chi connectivity index (χ3v) is 3.28. The van der Waals surface area contributed by atoms with Crippen LogP contribution in [0.15, 0.2) is 36.4 Å². The van der Waals surface area contributed by atoms with Crippen LogP contribution in [0.25, 0.3) is 0 Å². The molecule has 1 N–H and O–H groups in total. The van der Waals surface area contributed by atoms with Gasteiger partial charge in [0.1, 0.15) is 5.75 Å². The highest BCUT2D eigenvalue weighted by Crippen LogP contribution is 2.24. The molecule has 0 amide bonds. The van der Waals surface area contributed by atoms with Crippen molar-refractivity contribution in [2.45, 2.75) is 39.5 Å². The summed E-state index contributed by atoms with van der Waals surface area (Å²) in [6.45, 7) is 8.07. The first kappa shape index (κ1) is 14.5. The molecule has 0 aliphatic heterocycles. The number of ketones is 1. The number of Topliss-reactive ketones (excluding diaryl/α,β-unsaturated/α-hetero) is 1. The molecule has 0 fully saturated rings. The summed E-state index contributed by atoms with van der Waals surface area (Å²) in [5, 5.41) is 9.66. The quantitative estimate of drug-likeness (QED) is 0.441. The molecule has 1 aromatic carbocycles. The zero-order chi connectivity index (χ0) is 13.5. The molecule has 0 heterocycles. The van der Waals surface area contributed by atoms with Crippen LogP contribution in [0.2, 0.25) is 0 Å². The van der Waals surface area contributed by atoms with Crippen LogP contribution in [0.4, 0.5) is 0 Å². The van der Waals surface area contributed by atoms with Crippen LogP contribution in [-0.4, -0.2) is 10.9 Å². The van der Waals surface area contributed by atoms with Gasteiger partial charge in [-0.3, -0.25) is 4.79 Å². The van der Waals surface area contributed by atoms with Gasteiger partial charge in [0.05, 0.1) is 5.56 Å². The van der Waals surface area contributed by atoms with E-state index < -0.39 is 0 Å². The van der Waals surface area contributed by atoms with Gasteiger partial charge in [0, 0.05) is 0 Å². The third-order valence-electron chi connectivity index (χ3n) is 3.28. The van der Waals surface area contributed by atoms with Crippen molar-refractivity contribution in [2.24, 2.45) is 5.92 Å². The van der Waals surface area contributed by atoms with E-state index in [2.05, 4.69) is 13.5 Å². The van der Waals surface area contributed by atoms with E-state index >= 15 is 0 Å². The Morgan fingerprint density at radius 1 is 1.33 bits per heavy atom. The van der Waals surface area contributed by atoms with Crippen LogP contribution in [0, 0.1) is 5.92 Å². The monoisotopic (exact) mass is 246 g/mol. The number of hydrogen-bond donors (Lipinski definition) is 1. The van der Waals surface area contributed by atoms with Crippen LogP contribution < -0.4 is 0 Å². The Bertz CT molecular complexity index is 421. The number of carbonyl (C=O) groups is 1. The zero-order valence-corrected chi connectivity index (χ0v) is 11.3. The van der Waals surface area contributed by atoms with Gasteiger partial charge in [-0.1, -0.05) is 51.8 Å². The van der Waals surface area contributed by atoms with Gasteiger partial charge in [-0.2, -0.15) is 0 Å². The minimum atomic E-state index is -0.142. The molecule has 0 aromatic heterocycles. The van der Waals surface area contributed by atoms with E-state index in [1.54, 1.807) is 18.2 Å². The second-order valence-electron chi connectivity index (χ2n) is 4.77. The third kappa shape index (κ3) is 3.73. The fraction of sp³-hybridized carbons (Fsp3) is 0.438. The fourth-order valence-corrected chi connectivity index (χ4v) is 1.94. The summed E-state index contributed by atoms with van der Waals surface area (Å²) in [5.41, 5.74) is 0.942. The molecule has 1 aromatic rings. The van der Waals surface area contributed by atoms with Gasteiger partial charge in [0.25, 0.3) is 0 Å². The maximum Gasteiger partial charge on any atom is 0.192 e. The molecule has 1 atom stereocenters. The number of hydrogen-bond acceptors (Lipinski definition) is 2. The number of carbonyl (C=O) groups excluding carboxylic acids is 1. The second kappa shape index (κ2) is 7.00. The van der Waals surface area contributed by atoms with Crippen molar-refractivity contribution in [3.05, 3.63) is 42.0 Å². The molecule has 2 heteroatoms. The Morgan fingerprint density at radius 2 is 2.00 bits per heavy atom. The van der Waals surface area contributed by atoms with Crippen molar-refractivity contribution >= 4 is 5.78 Å². The standard InChI is InChI=1S/C16H22O2/c1-4-5-6-9-12(2)13(3)16(18)14-10-7-8-11-15(14)17/h7-8,10-12,17H,3-6,9H2,1-2H3. The summed E-state index contributed by atoms with van der Waals surface area (Å²) in [6.07, 6.45) is 4.45. The Hall–Kier alpha value is -1.57. The first-order chi connectivity index (χ1) is 8.57. The van der Waals surface area contributed by atoms with Crippen LogP contribution in [0.3, 0.4) is 0 Å². The molecule has 0 spiro atoms. The van der Waals surface area contributed by atoms with Crippen LogP contribution in [-0.2, 0) is 0 Å². The predicted octanol–water partition coefficient (Wildman–Crippen LogP) is 4.35. The van der Waals surface area contributed by atoms with E-state index in [1.165, 1.54) is 18.9 Å². The minimum Gasteiger partial charge on any atom is -0.507 e. The number of benzene rings is 1. The van der Waals surface area contributed by atoms with Crippen LogP contribution in [0.1, 0.15) is 49.9 Å².